The van der Waals surface area contributed by atoms with Crippen molar-refractivity contribution in [1.82, 2.24) is 9.97 Å². The van der Waals surface area contributed by atoms with E-state index in [0.717, 1.165) is 41.6 Å². The van der Waals surface area contributed by atoms with Crippen LogP contribution in [-0.2, 0) is 0 Å². The van der Waals surface area contributed by atoms with Crippen LogP contribution >= 0.6 is 8.19 Å². The quantitative estimate of drug-likeness (QED) is 0.457. The molecule has 1 heterocycles. The maximum Gasteiger partial charge on any atom is 0.161 e. The summed E-state index contributed by atoms with van der Waals surface area (Å²) >= 11 is 0. The van der Waals surface area contributed by atoms with Gasteiger partial charge < -0.3 is 0 Å². The van der Waals surface area contributed by atoms with Gasteiger partial charge in [-0.2, -0.15) is 0 Å². The van der Waals surface area contributed by atoms with E-state index in [2.05, 4.69) is 36.4 Å². The topological polar surface area (TPSA) is 25.8 Å². The number of hydrogen-bond acceptors (Lipinski definition) is 2. The Balaban J connectivity index is 1.92. The highest BCUT2D eigenvalue weighted by Gasteiger charge is 2.10. The maximum absolute atomic E-state index is 4.83. The Bertz CT molecular complexity index is 800. The van der Waals surface area contributed by atoms with Crippen LogP contribution in [-0.4, -0.2) is 9.97 Å². The molecular weight excluding hydrogens is 311 g/mol. The second-order valence-corrected chi connectivity index (χ2v) is 6.48. The number of hydrogen-bond donors (Lipinski definition) is 0. The molecule has 3 aromatic carbocycles. The first-order valence-electron chi connectivity index (χ1n) is 7.82. The smallest absolute Gasteiger partial charge is 0.161 e. The maximum atomic E-state index is 4.83. The van der Waals surface area contributed by atoms with Crippen molar-refractivity contribution in [1.29, 1.82) is 0 Å². The minimum absolute atomic E-state index is 0.770. The van der Waals surface area contributed by atoms with Gasteiger partial charge in [-0.05, 0) is 8.19 Å². The lowest BCUT2D eigenvalue weighted by Gasteiger charge is -2.08. The standard InChI is InChI=1S/C21H15N2P/c1-4-10-16(11-5-1)19-22-20(17-12-6-2-7-13-17)24-21(23-19)18-14-8-3-9-15-18/h1-15H. The van der Waals surface area contributed by atoms with E-state index in [-0.39, 0.29) is 0 Å². The lowest BCUT2D eigenvalue weighted by Crippen LogP contribution is -1.92. The molecule has 0 N–H and O–H groups in total. The summed E-state index contributed by atoms with van der Waals surface area (Å²) in [5, 5.41) is 0. The summed E-state index contributed by atoms with van der Waals surface area (Å²) in [5.74, 6) is 0.770. The molecule has 4 aromatic rings. The first-order chi connectivity index (χ1) is 11.9. The number of benzene rings is 3. The zero-order valence-corrected chi connectivity index (χ0v) is 13.9. The largest absolute Gasteiger partial charge is 0.223 e. The minimum atomic E-state index is 0.770. The van der Waals surface area contributed by atoms with Gasteiger partial charge in [-0.25, -0.2) is 9.97 Å². The molecule has 0 saturated carbocycles. The van der Waals surface area contributed by atoms with E-state index < -0.39 is 0 Å². The van der Waals surface area contributed by atoms with Crippen molar-refractivity contribution in [3.8, 4) is 33.4 Å². The zero-order valence-electron chi connectivity index (χ0n) is 13.0. The SMILES string of the molecule is c1ccc(-c2nc(-c3ccccc3)pc(-c3ccccc3)n2)cc1. The third kappa shape index (κ3) is 3.10. The average molecular weight is 326 g/mol. The highest BCUT2D eigenvalue weighted by atomic mass is 31.0. The van der Waals surface area contributed by atoms with Crippen LogP contribution in [0.2, 0.25) is 0 Å². The lowest BCUT2D eigenvalue weighted by molar-refractivity contribution is 1.23. The fourth-order valence-electron chi connectivity index (χ4n) is 2.52. The van der Waals surface area contributed by atoms with E-state index in [4.69, 9.17) is 9.97 Å². The molecule has 0 bridgehead atoms. The van der Waals surface area contributed by atoms with Gasteiger partial charge in [0.05, 0.1) is 0 Å². The first-order valence-corrected chi connectivity index (χ1v) is 8.72. The summed E-state index contributed by atoms with van der Waals surface area (Å²) in [6, 6.07) is 30.8. The molecule has 114 valence electrons. The van der Waals surface area contributed by atoms with Gasteiger partial charge in [0, 0.05) is 16.7 Å². The van der Waals surface area contributed by atoms with E-state index >= 15 is 0 Å². The van der Waals surface area contributed by atoms with Crippen molar-refractivity contribution in [3.05, 3.63) is 91.0 Å². The van der Waals surface area contributed by atoms with E-state index in [0.29, 0.717) is 0 Å². The second-order valence-electron chi connectivity index (χ2n) is 5.40. The van der Waals surface area contributed by atoms with Gasteiger partial charge in [0.2, 0.25) is 0 Å². The molecule has 0 fully saturated rings. The van der Waals surface area contributed by atoms with Gasteiger partial charge in [0.15, 0.2) is 5.82 Å². The van der Waals surface area contributed by atoms with Gasteiger partial charge in [-0.3, -0.25) is 0 Å². The Labute approximate surface area is 143 Å². The molecule has 0 radical (unpaired) electrons. The summed E-state index contributed by atoms with van der Waals surface area (Å²) in [7, 11) is 1.03. The van der Waals surface area contributed by atoms with Crippen molar-refractivity contribution >= 4 is 8.19 Å². The van der Waals surface area contributed by atoms with E-state index in [1.165, 1.54) is 0 Å². The molecule has 0 spiro atoms. The Hall–Kier alpha value is -2.83. The molecule has 1 aromatic heterocycles. The monoisotopic (exact) mass is 326 g/mol. The summed E-state index contributed by atoms with van der Waals surface area (Å²) in [6.07, 6.45) is 0. The van der Waals surface area contributed by atoms with E-state index in [1.54, 1.807) is 0 Å². The third-order valence-corrected chi connectivity index (χ3v) is 4.87. The van der Waals surface area contributed by atoms with Gasteiger partial charge in [0.25, 0.3) is 0 Å². The van der Waals surface area contributed by atoms with Gasteiger partial charge in [-0.15, -0.1) is 0 Å². The highest BCUT2D eigenvalue weighted by molar-refractivity contribution is 7.37. The molecule has 24 heavy (non-hydrogen) atoms. The Morgan fingerprint density at radius 1 is 0.458 bits per heavy atom. The van der Waals surface area contributed by atoms with E-state index in [9.17, 15) is 0 Å². The Kier molecular flexibility index (Phi) is 4.14. The van der Waals surface area contributed by atoms with Crippen molar-refractivity contribution in [2.45, 2.75) is 0 Å². The zero-order chi connectivity index (χ0) is 16.2. The molecular formula is C21H15N2P. The van der Waals surface area contributed by atoms with Gasteiger partial charge in [-0.1, -0.05) is 91.0 Å². The van der Waals surface area contributed by atoms with Crippen LogP contribution in [0.25, 0.3) is 33.4 Å². The minimum Gasteiger partial charge on any atom is -0.223 e. The summed E-state index contributed by atoms with van der Waals surface area (Å²) < 4.78 is 0. The number of nitrogens with zero attached hydrogens (tertiary/aromatic N) is 2. The first kappa shape index (κ1) is 14.7. The number of aromatic nitrogens is 2. The van der Waals surface area contributed by atoms with Crippen molar-refractivity contribution in [2.24, 2.45) is 0 Å². The molecule has 0 aliphatic carbocycles. The summed E-state index contributed by atoms with van der Waals surface area (Å²) in [5.41, 5.74) is 5.37. The van der Waals surface area contributed by atoms with Gasteiger partial charge >= 0.3 is 0 Å². The molecule has 0 aliphatic heterocycles. The fourth-order valence-corrected chi connectivity index (χ4v) is 3.57. The molecule has 0 unspecified atom stereocenters. The molecule has 4 rings (SSSR count). The molecule has 0 saturated heterocycles. The lowest BCUT2D eigenvalue weighted by atomic mass is 10.2. The Morgan fingerprint density at radius 2 is 0.833 bits per heavy atom. The Morgan fingerprint density at radius 3 is 1.25 bits per heavy atom. The van der Waals surface area contributed by atoms with Crippen LogP contribution in [0.3, 0.4) is 0 Å². The van der Waals surface area contributed by atoms with Crippen LogP contribution in [0.1, 0.15) is 0 Å². The predicted molar refractivity (Wildman–Crippen MR) is 101 cm³/mol. The van der Waals surface area contributed by atoms with Crippen molar-refractivity contribution in [2.75, 3.05) is 0 Å². The van der Waals surface area contributed by atoms with Crippen LogP contribution < -0.4 is 0 Å². The second kappa shape index (κ2) is 6.74. The molecule has 2 nitrogen and oxygen atoms in total. The normalized spacial score (nSPS) is 10.5. The summed E-state index contributed by atoms with van der Waals surface area (Å²) in [4.78, 5) is 9.66. The molecule has 0 aliphatic rings. The van der Waals surface area contributed by atoms with Crippen molar-refractivity contribution in [3.63, 3.8) is 0 Å². The van der Waals surface area contributed by atoms with Crippen molar-refractivity contribution < 1.29 is 0 Å². The highest BCUT2D eigenvalue weighted by Crippen LogP contribution is 2.35. The third-order valence-electron chi connectivity index (χ3n) is 3.73. The average Bonchev–Trinajstić information content (AvgIpc) is 2.70. The molecule has 0 amide bonds. The predicted octanol–water partition coefficient (Wildman–Crippen LogP) is 6.06. The number of rotatable bonds is 3. The molecule has 3 heteroatoms. The van der Waals surface area contributed by atoms with Gasteiger partial charge in [0.1, 0.15) is 10.9 Å². The van der Waals surface area contributed by atoms with Crippen LogP contribution in [0.15, 0.2) is 91.0 Å². The van der Waals surface area contributed by atoms with Crippen LogP contribution in [0, 0.1) is 0 Å². The summed E-state index contributed by atoms with van der Waals surface area (Å²) in [6.45, 7) is 0. The van der Waals surface area contributed by atoms with Crippen LogP contribution in [0.5, 0.6) is 0 Å². The molecule has 0 atom stereocenters. The fraction of sp³-hybridized carbons (Fsp3) is 0. The van der Waals surface area contributed by atoms with E-state index in [1.807, 2.05) is 54.6 Å². The van der Waals surface area contributed by atoms with Crippen LogP contribution in [0.4, 0.5) is 0 Å².